The van der Waals surface area contributed by atoms with Crippen molar-refractivity contribution < 1.29 is 23.7 Å². The van der Waals surface area contributed by atoms with E-state index in [-0.39, 0.29) is 17.2 Å². The third-order valence-corrected chi connectivity index (χ3v) is 6.89. The molecule has 10 nitrogen and oxygen atoms in total. The van der Waals surface area contributed by atoms with Gasteiger partial charge in [-0.1, -0.05) is 44.2 Å². The van der Waals surface area contributed by atoms with Crippen molar-refractivity contribution in [3.8, 4) is 34.7 Å². The maximum Gasteiger partial charge on any atom is 0.415 e. The van der Waals surface area contributed by atoms with E-state index < -0.39 is 12.0 Å². The number of carbonyl (C=O) groups is 1. The Morgan fingerprint density at radius 2 is 1.95 bits per heavy atom. The Hall–Kier alpha value is -4.49. The van der Waals surface area contributed by atoms with Crippen LogP contribution in [0.3, 0.4) is 0 Å². The molecule has 10 heteroatoms. The smallest absolute Gasteiger partial charge is 0.415 e. The van der Waals surface area contributed by atoms with Crippen LogP contribution in [0, 0.1) is 17.2 Å². The number of benzene rings is 2. The van der Waals surface area contributed by atoms with Crippen LogP contribution in [0.25, 0.3) is 11.3 Å². The first kappa shape index (κ1) is 27.1. The molecule has 1 fully saturated rings. The lowest BCUT2D eigenvalue weighted by molar-refractivity contribution is 0.0413. The van der Waals surface area contributed by atoms with E-state index in [1.54, 1.807) is 23.1 Å². The van der Waals surface area contributed by atoms with Gasteiger partial charge in [-0.2, -0.15) is 5.26 Å². The van der Waals surface area contributed by atoms with Crippen molar-refractivity contribution in [2.45, 2.75) is 33.1 Å². The van der Waals surface area contributed by atoms with Crippen LogP contribution in [0.5, 0.6) is 17.4 Å². The second-order valence-electron chi connectivity index (χ2n) is 10.1. The van der Waals surface area contributed by atoms with E-state index in [9.17, 15) is 10.1 Å². The fourth-order valence-corrected chi connectivity index (χ4v) is 5.04. The molecule has 208 valence electrons. The summed E-state index contributed by atoms with van der Waals surface area (Å²) in [6.45, 7) is 8.44. The number of amides is 1. The molecule has 0 aliphatic carbocycles. The zero-order valence-electron chi connectivity index (χ0n) is 22.9. The largest absolute Gasteiger partial charge is 0.490 e. The lowest BCUT2D eigenvalue weighted by Crippen LogP contribution is -2.42. The molecule has 0 spiro atoms. The molecule has 0 saturated carbocycles. The molecule has 2 aliphatic rings. The zero-order chi connectivity index (χ0) is 28.2. The van der Waals surface area contributed by atoms with Gasteiger partial charge in [0.05, 0.1) is 37.0 Å². The predicted octanol–water partition coefficient (Wildman–Crippen LogP) is 4.72. The number of hydrogen-bond donors (Lipinski definition) is 2. The fourth-order valence-electron chi connectivity index (χ4n) is 5.04. The number of allylic oxidation sites excluding steroid dienone is 1. The van der Waals surface area contributed by atoms with Crippen molar-refractivity contribution >= 4 is 6.09 Å². The van der Waals surface area contributed by atoms with Crippen molar-refractivity contribution in [1.82, 2.24) is 15.1 Å². The molecule has 2 aliphatic heterocycles. The summed E-state index contributed by atoms with van der Waals surface area (Å²) in [4.78, 5) is 14.4. The lowest BCUT2D eigenvalue weighted by atomic mass is 9.82. The third kappa shape index (κ3) is 5.46. The molecule has 5 rings (SSSR count). The van der Waals surface area contributed by atoms with Gasteiger partial charge in [-0.05, 0) is 42.5 Å². The lowest BCUT2D eigenvalue weighted by Gasteiger charge is -2.27. The first-order chi connectivity index (χ1) is 19.4. The maximum absolute atomic E-state index is 12.8. The van der Waals surface area contributed by atoms with Gasteiger partial charge < -0.3 is 29.6 Å². The first-order valence-electron chi connectivity index (χ1n) is 13.5. The van der Waals surface area contributed by atoms with E-state index in [0.717, 1.165) is 23.2 Å². The predicted molar refractivity (Wildman–Crippen MR) is 148 cm³/mol. The minimum absolute atomic E-state index is 0.00823. The summed E-state index contributed by atoms with van der Waals surface area (Å²) >= 11 is 0. The van der Waals surface area contributed by atoms with Gasteiger partial charge in [0, 0.05) is 18.7 Å². The number of aromatic nitrogens is 2. The Bertz CT molecular complexity index is 1450. The number of rotatable bonds is 7. The number of nitriles is 1. The molecule has 0 bridgehead atoms. The molecule has 3 N–H and O–H groups in total. The number of morpholine rings is 1. The summed E-state index contributed by atoms with van der Waals surface area (Å²) in [5, 5.41) is 17.6. The molecule has 0 radical (unpaired) electrons. The van der Waals surface area contributed by atoms with Crippen molar-refractivity contribution in [2.24, 2.45) is 11.7 Å². The molecule has 1 unspecified atom stereocenters. The Morgan fingerprint density at radius 3 is 2.62 bits per heavy atom. The van der Waals surface area contributed by atoms with Gasteiger partial charge in [-0.25, -0.2) is 4.79 Å². The van der Waals surface area contributed by atoms with Crippen LogP contribution in [0.15, 0.2) is 53.9 Å². The summed E-state index contributed by atoms with van der Waals surface area (Å²) in [6, 6.07) is 15.8. The van der Waals surface area contributed by atoms with Gasteiger partial charge in [0.15, 0.2) is 11.5 Å². The van der Waals surface area contributed by atoms with Gasteiger partial charge in [0.2, 0.25) is 11.8 Å². The van der Waals surface area contributed by atoms with Crippen molar-refractivity contribution in [3.63, 3.8) is 0 Å². The van der Waals surface area contributed by atoms with E-state index in [1.165, 1.54) is 5.56 Å². The molecular weight excluding hydrogens is 510 g/mol. The molecule has 3 heterocycles. The Kier molecular flexibility index (Phi) is 7.94. The number of nitrogens with one attached hydrogen (secondary N) is 1. The maximum atomic E-state index is 12.8. The van der Waals surface area contributed by atoms with Gasteiger partial charge in [0.25, 0.3) is 0 Å². The van der Waals surface area contributed by atoms with Crippen molar-refractivity contribution in [1.29, 1.82) is 5.26 Å². The van der Waals surface area contributed by atoms with Crippen LogP contribution in [-0.4, -0.2) is 54.1 Å². The summed E-state index contributed by atoms with van der Waals surface area (Å²) in [5.41, 5.74) is 10.7. The average molecular weight is 544 g/mol. The number of hydrogen-bond acceptors (Lipinski definition) is 8. The molecule has 1 aromatic heterocycles. The van der Waals surface area contributed by atoms with E-state index >= 15 is 0 Å². The third-order valence-electron chi connectivity index (χ3n) is 6.89. The van der Waals surface area contributed by atoms with E-state index in [2.05, 4.69) is 42.2 Å². The number of aromatic amines is 1. The molecule has 1 atom stereocenters. The first-order valence-corrected chi connectivity index (χ1v) is 13.5. The number of fused-ring (bicyclic) bond motifs is 1. The van der Waals surface area contributed by atoms with Gasteiger partial charge in [0.1, 0.15) is 11.6 Å². The highest BCUT2D eigenvalue weighted by molar-refractivity contribution is 5.73. The minimum atomic E-state index is -0.582. The SMILES string of the molecule is CCOc1cc(C2C(C#N)=C(N)Oc3n[nH]c(-c4ccc(CC(C)C)cc4)c32)ccc1OC(=O)N1CCOCC1. The van der Waals surface area contributed by atoms with E-state index in [4.69, 9.17) is 24.7 Å². The van der Waals surface area contributed by atoms with Crippen LogP contribution in [0.4, 0.5) is 4.79 Å². The molecule has 3 aromatic rings. The number of nitrogens with zero attached hydrogens (tertiary/aromatic N) is 3. The second-order valence-corrected chi connectivity index (χ2v) is 10.1. The van der Waals surface area contributed by atoms with Crippen molar-refractivity contribution in [2.75, 3.05) is 32.9 Å². The quantitative estimate of drug-likeness (QED) is 0.437. The van der Waals surface area contributed by atoms with Crippen LogP contribution in [-0.2, 0) is 11.2 Å². The van der Waals surface area contributed by atoms with Crippen LogP contribution in [0.1, 0.15) is 43.4 Å². The van der Waals surface area contributed by atoms with Crippen LogP contribution in [0.2, 0.25) is 0 Å². The highest BCUT2D eigenvalue weighted by atomic mass is 16.6. The van der Waals surface area contributed by atoms with Crippen LogP contribution >= 0.6 is 0 Å². The average Bonchev–Trinajstić information content (AvgIpc) is 3.37. The van der Waals surface area contributed by atoms with E-state index in [1.807, 2.05) is 19.1 Å². The Labute approximate surface area is 233 Å². The number of carbonyl (C=O) groups excluding carboxylic acids is 1. The monoisotopic (exact) mass is 543 g/mol. The number of H-pyrrole nitrogens is 1. The highest BCUT2D eigenvalue weighted by Crippen LogP contribution is 2.47. The zero-order valence-corrected chi connectivity index (χ0v) is 22.9. The Balaban J connectivity index is 1.53. The van der Waals surface area contributed by atoms with Gasteiger partial charge in [-0.15, -0.1) is 5.10 Å². The Morgan fingerprint density at radius 1 is 1.20 bits per heavy atom. The summed E-state index contributed by atoms with van der Waals surface area (Å²) in [7, 11) is 0. The minimum Gasteiger partial charge on any atom is -0.490 e. The molecule has 2 aromatic carbocycles. The van der Waals surface area contributed by atoms with E-state index in [0.29, 0.717) is 56.0 Å². The van der Waals surface area contributed by atoms with Gasteiger partial charge >= 0.3 is 6.09 Å². The summed E-state index contributed by atoms with van der Waals surface area (Å²) < 4.78 is 22.7. The standard InChI is InChI=1S/C30H33N5O5/c1-4-38-24-16-21(9-10-23(24)39-30(36)35-11-13-37-14-12-35)25-22(17-31)28(32)40-29-26(25)27(33-34-29)20-7-5-19(6-8-20)15-18(2)3/h5-10,16,18,25H,4,11-15,32H2,1-3H3,(H,33,34). The molecule has 1 amide bonds. The summed E-state index contributed by atoms with van der Waals surface area (Å²) in [5.74, 6) is 0.938. The second kappa shape index (κ2) is 11.7. The fraction of sp³-hybridized carbons (Fsp3) is 0.367. The highest BCUT2D eigenvalue weighted by Gasteiger charge is 2.36. The summed E-state index contributed by atoms with van der Waals surface area (Å²) in [6.07, 6.45) is 0.512. The molecule has 40 heavy (non-hydrogen) atoms. The number of ether oxygens (including phenoxy) is 4. The van der Waals surface area contributed by atoms with Crippen LogP contribution < -0.4 is 19.9 Å². The molecule has 1 saturated heterocycles. The van der Waals surface area contributed by atoms with Gasteiger partial charge in [-0.3, -0.25) is 5.10 Å². The normalized spacial score (nSPS) is 16.8. The molecular formula is C30H33N5O5. The van der Waals surface area contributed by atoms with Crippen molar-refractivity contribution in [3.05, 3.63) is 70.6 Å². The topological polar surface area (TPSA) is 136 Å². The number of nitrogens with two attached hydrogens (primary N) is 1.